The van der Waals surface area contributed by atoms with Gasteiger partial charge in [-0.1, -0.05) is 12.1 Å². The Balaban J connectivity index is 1.45. The number of ether oxygens (including phenoxy) is 1. The number of fused-ring (bicyclic) bond motifs is 3. The minimum absolute atomic E-state index is 0.275. The summed E-state index contributed by atoms with van der Waals surface area (Å²) >= 11 is 0. The average Bonchev–Trinajstić information content (AvgIpc) is 3.59. The van der Waals surface area contributed by atoms with Gasteiger partial charge in [0.1, 0.15) is 11.7 Å². The summed E-state index contributed by atoms with van der Waals surface area (Å²) in [6, 6.07) is 8.32. The Hall–Kier alpha value is -4.19. The van der Waals surface area contributed by atoms with E-state index in [-0.39, 0.29) is 11.4 Å². The molecule has 0 radical (unpaired) electrons. The molecule has 184 valence electrons. The van der Waals surface area contributed by atoms with Crippen LogP contribution in [0.4, 0.5) is 13.2 Å². The molecule has 6 rings (SSSR count). The number of carbonyl (C=O) groups is 1. The molecule has 0 fully saturated rings. The van der Waals surface area contributed by atoms with Gasteiger partial charge in [-0.3, -0.25) is 4.79 Å². The van der Waals surface area contributed by atoms with Crippen molar-refractivity contribution in [2.75, 3.05) is 13.7 Å². The topological polar surface area (TPSA) is 92.8 Å². The van der Waals surface area contributed by atoms with Gasteiger partial charge in [-0.15, -0.1) is 0 Å². The number of carbonyl (C=O) groups excluding carboxylic acids is 1. The van der Waals surface area contributed by atoms with Gasteiger partial charge in [0.05, 0.1) is 47.1 Å². The molecular formula is C24H20F3N7O2. The second kappa shape index (κ2) is 8.19. The van der Waals surface area contributed by atoms with E-state index in [2.05, 4.69) is 20.2 Å². The van der Waals surface area contributed by atoms with Gasteiger partial charge in [0.2, 0.25) is 0 Å². The molecule has 1 aliphatic heterocycles. The minimum Gasteiger partial charge on any atom is -0.380 e. The maximum Gasteiger partial charge on any atom is 0.433 e. The van der Waals surface area contributed by atoms with E-state index < -0.39 is 17.9 Å². The van der Waals surface area contributed by atoms with Crippen LogP contribution in [0.3, 0.4) is 0 Å². The van der Waals surface area contributed by atoms with E-state index in [0.717, 1.165) is 21.8 Å². The fourth-order valence-corrected chi connectivity index (χ4v) is 4.78. The van der Waals surface area contributed by atoms with Crippen molar-refractivity contribution in [1.82, 2.24) is 34.1 Å². The summed E-state index contributed by atoms with van der Waals surface area (Å²) in [5.74, 6) is -0.309. The van der Waals surface area contributed by atoms with Crippen molar-refractivity contribution in [2.45, 2.75) is 25.2 Å². The lowest BCUT2D eigenvalue weighted by molar-refractivity contribution is -0.142. The summed E-state index contributed by atoms with van der Waals surface area (Å²) in [7, 11) is 1.60. The number of rotatable bonds is 4. The van der Waals surface area contributed by atoms with Crippen LogP contribution in [0, 0.1) is 0 Å². The van der Waals surface area contributed by atoms with Crippen molar-refractivity contribution >= 4 is 16.9 Å². The van der Waals surface area contributed by atoms with E-state index in [0.29, 0.717) is 42.0 Å². The number of nitrogens with zero attached hydrogens (tertiary/aromatic N) is 6. The molecule has 0 aromatic carbocycles. The molecule has 1 unspecified atom stereocenters. The first-order valence-corrected chi connectivity index (χ1v) is 11.2. The Morgan fingerprint density at radius 1 is 1.25 bits per heavy atom. The van der Waals surface area contributed by atoms with Crippen molar-refractivity contribution in [2.24, 2.45) is 0 Å². The van der Waals surface area contributed by atoms with Gasteiger partial charge in [-0.05, 0) is 29.8 Å². The van der Waals surface area contributed by atoms with Crippen LogP contribution in [-0.4, -0.2) is 53.7 Å². The molecular weight excluding hydrogens is 475 g/mol. The average molecular weight is 495 g/mol. The summed E-state index contributed by atoms with van der Waals surface area (Å²) in [5, 5.41) is 8.63. The van der Waals surface area contributed by atoms with Gasteiger partial charge in [0.25, 0.3) is 5.91 Å². The number of halogens is 3. The predicted molar refractivity (Wildman–Crippen MR) is 121 cm³/mol. The van der Waals surface area contributed by atoms with Gasteiger partial charge >= 0.3 is 6.18 Å². The second-order valence-electron chi connectivity index (χ2n) is 8.59. The van der Waals surface area contributed by atoms with Crippen LogP contribution < -0.4 is 0 Å². The van der Waals surface area contributed by atoms with Gasteiger partial charge < -0.3 is 14.6 Å². The third kappa shape index (κ3) is 3.52. The number of hydrogen-bond acceptors (Lipinski definition) is 5. The van der Waals surface area contributed by atoms with E-state index in [1.807, 2.05) is 6.07 Å². The smallest absolute Gasteiger partial charge is 0.380 e. The first-order valence-electron chi connectivity index (χ1n) is 11.2. The number of pyridine rings is 2. The van der Waals surface area contributed by atoms with E-state index in [4.69, 9.17) is 4.74 Å². The number of aromatic amines is 1. The highest BCUT2D eigenvalue weighted by molar-refractivity contribution is 6.01. The van der Waals surface area contributed by atoms with Crippen molar-refractivity contribution < 1.29 is 22.7 Å². The van der Waals surface area contributed by atoms with Crippen LogP contribution in [0.2, 0.25) is 0 Å². The van der Waals surface area contributed by atoms with Crippen LogP contribution in [0.25, 0.3) is 11.0 Å². The molecule has 0 bridgehead atoms. The molecule has 9 nitrogen and oxygen atoms in total. The summed E-state index contributed by atoms with van der Waals surface area (Å²) in [4.78, 5) is 22.9. The summed E-state index contributed by atoms with van der Waals surface area (Å²) in [6.45, 7) is 0.737. The molecule has 0 saturated carbocycles. The fourth-order valence-electron chi connectivity index (χ4n) is 4.78. The zero-order valence-corrected chi connectivity index (χ0v) is 19.0. The monoisotopic (exact) mass is 495 g/mol. The first-order chi connectivity index (χ1) is 17.3. The van der Waals surface area contributed by atoms with Crippen LogP contribution >= 0.6 is 0 Å². The van der Waals surface area contributed by atoms with Gasteiger partial charge in [-0.25, -0.2) is 14.0 Å². The molecule has 6 heterocycles. The van der Waals surface area contributed by atoms with E-state index in [9.17, 15) is 18.0 Å². The summed E-state index contributed by atoms with van der Waals surface area (Å²) in [6.07, 6.45) is 0.749. The third-order valence-electron chi connectivity index (χ3n) is 6.38. The number of imidazole rings is 1. The molecule has 0 aliphatic carbocycles. The number of amides is 1. The maximum absolute atomic E-state index is 13.8. The standard InChI is InChI=1S/C24H20F3N7O2/c1-36-12-14-5-6-19-16(10-30-33(19)11-14)23(35)32-8-7-17-21(29-13-28-17)22(32)18-9-15-3-2-4-20(24(25,26)27)34(15)31-18/h2-6,9-11,13,22H,7-8,12H2,1H3,(H,28,29). The van der Waals surface area contributed by atoms with E-state index in [1.165, 1.54) is 18.6 Å². The van der Waals surface area contributed by atoms with Crippen LogP contribution in [0.5, 0.6) is 0 Å². The Bertz CT molecular complexity index is 1600. The molecule has 0 saturated heterocycles. The lowest BCUT2D eigenvalue weighted by Crippen LogP contribution is -2.41. The fraction of sp³-hybridized carbons (Fsp3) is 0.250. The molecule has 1 amide bonds. The molecule has 12 heteroatoms. The van der Waals surface area contributed by atoms with Crippen LogP contribution in [0.15, 0.2) is 55.1 Å². The molecule has 1 N–H and O–H groups in total. The molecule has 1 aliphatic rings. The van der Waals surface area contributed by atoms with Crippen LogP contribution in [0.1, 0.15) is 44.7 Å². The quantitative estimate of drug-likeness (QED) is 0.411. The van der Waals surface area contributed by atoms with Crippen molar-refractivity contribution in [3.05, 3.63) is 89.0 Å². The highest BCUT2D eigenvalue weighted by Crippen LogP contribution is 2.36. The molecule has 5 aromatic rings. The molecule has 1 atom stereocenters. The Kier molecular flexibility index (Phi) is 5.07. The lowest BCUT2D eigenvalue weighted by Gasteiger charge is -2.33. The molecule has 5 aromatic heterocycles. The number of methoxy groups -OCH3 is 1. The summed E-state index contributed by atoms with van der Waals surface area (Å²) in [5.41, 5.74) is 2.95. The number of aromatic nitrogens is 6. The number of hydrogen-bond donors (Lipinski definition) is 1. The van der Waals surface area contributed by atoms with E-state index >= 15 is 0 Å². The Morgan fingerprint density at radius 2 is 2.11 bits per heavy atom. The van der Waals surface area contributed by atoms with Gasteiger partial charge in [0.15, 0.2) is 0 Å². The largest absolute Gasteiger partial charge is 0.433 e. The van der Waals surface area contributed by atoms with Crippen LogP contribution in [-0.2, 0) is 23.9 Å². The maximum atomic E-state index is 13.8. The summed E-state index contributed by atoms with van der Waals surface area (Å²) < 4.78 is 48.5. The first kappa shape index (κ1) is 22.3. The van der Waals surface area contributed by atoms with Crippen molar-refractivity contribution in [1.29, 1.82) is 0 Å². The second-order valence-corrected chi connectivity index (χ2v) is 8.59. The van der Waals surface area contributed by atoms with Crippen molar-refractivity contribution in [3.63, 3.8) is 0 Å². The highest BCUT2D eigenvalue weighted by Gasteiger charge is 2.39. The van der Waals surface area contributed by atoms with Gasteiger partial charge in [-0.2, -0.15) is 23.4 Å². The van der Waals surface area contributed by atoms with Crippen molar-refractivity contribution in [3.8, 4) is 0 Å². The third-order valence-corrected chi connectivity index (χ3v) is 6.38. The van der Waals surface area contributed by atoms with E-state index in [1.54, 1.807) is 40.9 Å². The lowest BCUT2D eigenvalue weighted by atomic mass is 9.98. The SMILES string of the molecule is COCc1ccc2c(C(=O)N3CCc4[nH]cnc4C3c3cc4cccc(C(F)(F)F)n4n3)cnn2c1. The Labute approximate surface area is 202 Å². The molecule has 36 heavy (non-hydrogen) atoms. The highest BCUT2D eigenvalue weighted by atomic mass is 19.4. The number of nitrogens with one attached hydrogen (secondary N) is 1. The Morgan fingerprint density at radius 3 is 2.92 bits per heavy atom. The predicted octanol–water partition coefficient (Wildman–Crippen LogP) is 3.66. The molecule has 0 spiro atoms. The number of alkyl halides is 3. The van der Waals surface area contributed by atoms with Gasteiger partial charge in [0, 0.05) is 32.0 Å². The normalized spacial score (nSPS) is 16.1. The zero-order chi connectivity index (χ0) is 25.0. The number of H-pyrrole nitrogens is 1. The zero-order valence-electron chi connectivity index (χ0n) is 19.0. The minimum atomic E-state index is -4.58.